The van der Waals surface area contributed by atoms with Gasteiger partial charge in [-0.25, -0.2) is 18.4 Å². The molecule has 0 aliphatic carbocycles. The lowest BCUT2D eigenvalue weighted by molar-refractivity contribution is -0.133. The Kier molecular flexibility index (Phi) is 5.70. The maximum absolute atomic E-state index is 12.9. The molecule has 0 bridgehead atoms. The van der Waals surface area contributed by atoms with Gasteiger partial charge in [0.1, 0.15) is 16.5 Å². The number of amides is 1. The van der Waals surface area contributed by atoms with E-state index in [2.05, 4.69) is 20.9 Å². The molecule has 0 N–H and O–H groups in total. The summed E-state index contributed by atoms with van der Waals surface area (Å²) >= 11 is 0. The van der Waals surface area contributed by atoms with E-state index in [1.165, 1.54) is 4.40 Å². The lowest BCUT2D eigenvalue weighted by Gasteiger charge is -2.41. The summed E-state index contributed by atoms with van der Waals surface area (Å²) < 4.78 is 27.3. The van der Waals surface area contributed by atoms with Crippen LogP contribution in [0.25, 0.3) is 5.65 Å². The number of fused-ring (bicyclic) bond motifs is 1. The molecule has 1 aliphatic rings. The number of carbonyl (C=O) groups is 1. The predicted octanol–water partition coefficient (Wildman–Crippen LogP) is 2.25. The average Bonchev–Trinajstić information content (AvgIpc) is 3.21. The molecular weight excluding hydrogens is 414 g/mol. The molecule has 0 spiro atoms. The van der Waals surface area contributed by atoms with E-state index in [0.29, 0.717) is 25.3 Å². The number of hydrogen-bond donors (Lipinski definition) is 0. The van der Waals surface area contributed by atoms with Crippen LogP contribution in [0.3, 0.4) is 0 Å². The van der Waals surface area contributed by atoms with Crippen molar-refractivity contribution in [1.82, 2.24) is 19.3 Å². The molecule has 9 heteroatoms. The van der Waals surface area contributed by atoms with Crippen LogP contribution in [0.5, 0.6) is 0 Å². The highest BCUT2D eigenvalue weighted by Crippen LogP contribution is 2.22. The SMILES string of the molecule is Cc1cnc(N2CCN(C(=O)CCS(=O)(=O)c3cccc4nccn34)[C@@H](C)C2)c(C)c1. The van der Waals surface area contributed by atoms with E-state index < -0.39 is 9.84 Å². The third-order valence-electron chi connectivity index (χ3n) is 5.73. The van der Waals surface area contributed by atoms with Crippen LogP contribution in [0.2, 0.25) is 0 Å². The molecule has 1 fully saturated rings. The number of rotatable bonds is 5. The summed E-state index contributed by atoms with van der Waals surface area (Å²) in [4.78, 5) is 25.5. The van der Waals surface area contributed by atoms with Gasteiger partial charge in [0.15, 0.2) is 9.84 Å². The highest BCUT2D eigenvalue weighted by Gasteiger charge is 2.30. The highest BCUT2D eigenvalue weighted by atomic mass is 32.2. The van der Waals surface area contributed by atoms with Crippen LogP contribution < -0.4 is 4.90 Å². The number of pyridine rings is 2. The van der Waals surface area contributed by atoms with E-state index in [4.69, 9.17) is 0 Å². The molecule has 1 aliphatic heterocycles. The van der Waals surface area contributed by atoms with E-state index in [0.717, 1.165) is 16.9 Å². The molecule has 164 valence electrons. The molecule has 8 nitrogen and oxygen atoms in total. The second-order valence-electron chi connectivity index (χ2n) is 8.12. The molecule has 0 unspecified atom stereocenters. The van der Waals surface area contributed by atoms with Gasteiger partial charge in [0, 0.05) is 50.7 Å². The first-order valence-electron chi connectivity index (χ1n) is 10.4. The Morgan fingerprint density at radius 2 is 2.00 bits per heavy atom. The Morgan fingerprint density at radius 3 is 2.74 bits per heavy atom. The predicted molar refractivity (Wildman–Crippen MR) is 119 cm³/mol. The molecule has 4 heterocycles. The fourth-order valence-corrected chi connectivity index (χ4v) is 5.60. The monoisotopic (exact) mass is 441 g/mol. The number of aromatic nitrogens is 3. The topological polar surface area (TPSA) is 87.9 Å². The van der Waals surface area contributed by atoms with Crippen molar-refractivity contribution in [3.63, 3.8) is 0 Å². The maximum Gasteiger partial charge on any atom is 0.223 e. The summed E-state index contributed by atoms with van der Waals surface area (Å²) in [6.45, 7) is 7.95. The maximum atomic E-state index is 12.9. The van der Waals surface area contributed by atoms with E-state index >= 15 is 0 Å². The van der Waals surface area contributed by atoms with Gasteiger partial charge in [-0.1, -0.05) is 12.1 Å². The van der Waals surface area contributed by atoms with Crippen molar-refractivity contribution in [2.45, 2.75) is 38.3 Å². The molecule has 0 aromatic carbocycles. The number of carbonyl (C=O) groups excluding carboxylic acids is 1. The van der Waals surface area contributed by atoms with Crippen LogP contribution in [0, 0.1) is 13.8 Å². The van der Waals surface area contributed by atoms with Gasteiger partial charge in [-0.3, -0.25) is 9.20 Å². The van der Waals surface area contributed by atoms with Gasteiger partial charge in [0.25, 0.3) is 0 Å². The molecule has 3 aromatic rings. The molecule has 0 saturated carbocycles. The minimum absolute atomic E-state index is 0.0245. The van der Waals surface area contributed by atoms with Crippen LogP contribution in [0.4, 0.5) is 5.82 Å². The van der Waals surface area contributed by atoms with Crippen molar-refractivity contribution in [3.8, 4) is 0 Å². The first-order chi connectivity index (χ1) is 14.8. The Labute approximate surface area is 182 Å². The van der Waals surface area contributed by atoms with Crippen LogP contribution in [0.1, 0.15) is 24.5 Å². The van der Waals surface area contributed by atoms with Gasteiger partial charge in [-0.15, -0.1) is 0 Å². The molecule has 0 radical (unpaired) electrons. The Morgan fingerprint density at radius 1 is 1.19 bits per heavy atom. The first-order valence-corrected chi connectivity index (χ1v) is 12.0. The molecule has 31 heavy (non-hydrogen) atoms. The Hall–Kier alpha value is -2.94. The van der Waals surface area contributed by atoms with E-state index in [1.54, 1.807) is 35.5 Å². The molecule has 1 amide bonds. The summed E-state index contributed by atoms with van der Waals surface area (Å²) in [6.07, 6.45) is 4.99. The fourth-order valence-electron chi connectivity index (χ4n) is 4.20. The van der Waals surface area contributed by atoms with Crippen LogP contribution in [0.15, 0.2) is 47.9 Å². The lowest BCUT2D eigenvalue weighted by atomic mass is 10.1. The van der Waals surface area contributed by atoms with E-state index in [1.807, 2.05) is 27.0 Å². The largest absolute Gasteiger partial charge is 0.353 e. The number of aryl methyl sites for hydroxylation is 2. The number of sulfone groups is 1. The number of piperazine rings is 1. The van der Waals surface area contributed by atoms with Crippen molar-refractivity contribution in [2.24, 2.45) is 0 Å². The summed E-state index contributed by atoms with van der Waals surface area (Å²) in [7, 11) is -3.62. The third-order valence-corrected chi connectivity index (χ3v) is 7.44. The summed E-state index contributed by atoms with van der Waals surface area (Å²) in [5.74, 6) is 0.581. The average molecular weight is 442 g/mol. The van der Waals surface area contributed by atoms with Crippen LogP contribution >= 0.6 is 0 Å². The third kappa shape index (κ3) is 4.27. The minimum atomic E-state index is -3.62. The summed E-state index contributed by atoms with van der Waals surface area (Å²) in [6, 6.07) is 7.04. The standard InChI is InChI=1S/C22H27N5O3S/c1-16-13-17(2)22(24-14-16)25-10-11-26(18(3)15-25)20(28)7-12-31(29,30)21-6-4-5-19-23-8-9-27(19)21/h4-6,8-9,13-14,18H,7,10-12,15H2,1-3H3/t18-/m0/s1. The van der Waals surface area contributed by atoms with Crippen LogP contribution in [-0.4, -0.2) is 65.0 Å². The van der Waals surface area contributed by atoms with Gasteiger partial charge >= 0.3 is 0 Å². The zero-order chi connectivity index (χ0) is 22.2. The van der Waals surface area contributed by atoms with E-state index in [-0.39, 0.29) is 29.1 Å². The molecule has 1 saturated heterocycles. The minimum Gasteiger partial charge on any atom is -0.353 e. The van der Waals surface area contributed by atoms with Gasteiger partial charge in [0.2, 0.25) is 5.91 Å². The zero-order valence-electron chi connectivity index (χ0n) is 18.0. The van der Waals surface area contributed by atoms with E-state index in [9.17, 15) is 13.2 Å². The molecule has 3 aromatic heterocycles. The fraction of sp³-hybridized carbons (Fsp3) is 0.409. The number of anilines is 1. The van der Waals surface area contributed by atoms with Crippen molar-refractivity contribution < 1.29 is 13.2 Å². The highest BCUT2D eigenvalue weighted by molar-refractivity contribution is 7.91. The van der Waals surface area contributed by atoms with Gasteiger partial charge in [-0.05, 0) is 44.0 Å². The smallest absolute Gasteiger partial charge is 0.223 e. The normalized spacial score (nSPS) is 17.3. The quantitative estimate of drug-likeness (QED) is 0.604. The first kappa shape index (κ1) is 21.3. The van der Waals surface area contributed by atoms with Gasteiger partial charge in [0.05, 0.1) is 5.75 Å². The van der Waals surface area contributed by atoms with Crippen LogP contribution in [-0.2, 0) is 14.6 Å². The van der Waals surface area contributed by atoms with Crippen molar-refractivity contribution in [3.05, 3.63) is 54.0 Å². The molecule has 1 atom stereocenters. The van der Waals surface area contributed by atoms with Gasteiger partial charge in [-0.2, -0.15) is 0 Å². The zero-order valence-corrected chi connectivity index (χ0v) is 18.8. The lowest BCUT2D eigenvalue weighted by Crippen LogP contribution is -2.54. The second-order valence-corrected chi connectivity index (χ2v) is 10.2. The number of hydrogen-bond acceptors (Lipinski definition) is 6. The Balaban J connectivity index is 1.41. The number of imidazole rings is 1. The summed E-state index contributed by atoms with van der Waals surface area (Å²) in [5, 5.41) is 0.161. The van der Waals surface area contributed by atoms with Crippen molar-refractivity contribution in [2.75, 3.05) is 30.3 Å². The Bertz CT molecular complexity index is 1220. The van der Waals surface area contributed by atoms with Crippen molar-refractivity contribution >= 4 is 27.2 Å². The molecular formula is C22H27N5O3S. The second kappa shape index (κ2) is 8.30. The molecule has 4 rings (SSSR count). The number of nitrogens with zero attached hydrogens (tertiary/aromatic N) is 5. The van der Waals surface area contributed by atoms with Gasteiger partial charge < -0.3 is 9.80 Å². The summed E-state index contributed by atoms with van der Waals surface area (Å²) in [5.41, 5.74) is 2.81. The van der Waals surface area contributed by atoms with Crippen molar-refractivity contribution in [1.29, 1.82) is 0 Å².